The summed E-state index contributed by atoms with van der Waals surface area (Å²) >= 11 is 0. The van der Waals surface area contributed by atoms with Crippen molar-refractivity contribution in [3.05, 3.63) is 45.8 Å². The first-order valence-electron chi connectivity index (χ1n) is 9.32. The zero-order chi connectivity index (χ0) is 19.4. The molecule has 6 heteroatoms. The Morgan fingerprint density at radius 2 is 1.71 bits per heavy atom. The van der Waals surface area contributed by atoms with Gasteiger partial charge in [-0.05, 0) is 61.9 Å². The molecule has 2 aromatic carbocycles. The molecule has 0 atom stereocenters. The van der Waals surface area contributed by atoms with Gasteiger partial charge >= 0.3 is 5.63 Å². The molecule has 0 saturated heterocycles. The van der Waals surface area contributed by atoms with Gasteiger partial charge in [0.2, 0.25) is 6.79 Å². The molecule has 1 aliphatic heterocycles. The predicted molar refractivity (Wildman–Crippen MR) is 104 cm³/mol. The number of hydrogen-bond acceptors (Lipinski definition) is 6. The maximum absolute atomic E-state index is 12.8. The van der Waals surface area contributed by atoms with Gasteiger partial charge in [0.25, 0.3) is 0 Å². The van der Waals surface area contributed by atoms with Crippen molar-refractivity contribution in [3.8, 4) is 34.3 Å². The van der Waals surface area contributed by atoms with Gasteiger partial charge in [-0.15, -0.1) is 0 Å². The SMILES string of the molecule is COc1cc2c(=O)oc3c(c2cc1OC(C)C)CCc1cc2c(cc1-3)OCO2. The van der Waals surface area contributed by atoms with Gasteiger partial charge in [-0.3, -0.25) is 0 Å². The lowest BCUT2D eigenvalue weighted by Crippen LogP contribution is -2.12. The second-order valence-electron chi connectivity index (χ2n) is 7.28. The molecule has 144 valence electrons. The number of methoxy groups -OCH3 is 1. The van der Waals surface area contributed by atoms with Gasteiger partial charge in [0, 0.05) is 11.1 Å². The van der Waals surface area contributed by atoms with E-state index in [0.29, 0.717) is 28.4 Å². The van der Waals surface area contributed by atoms with E-state index in [0.717, 1.165) is 40.7 Å². The highest BCUT2D eigenvalue weighted by Crippen LogP contribution is 2.44. The highest BCUT2D eigenvalue weighted by Gasteiger charge is 2.27. The summed E-state index contributed by atoms with van der Waals surface area (Å²) in [5, 5.41) is 1.34. The van der Waals surface area contributed by atoms with Crippen LogP contribution in [0.25, 0.3) is 22.1 Å². The van der Waals surface area contributed by atoms with E-state index in [1.807, 2.05) is 32.0 Å². The third kappa shape index (κ3) is 2.52. The van der Waals surface area contributed by atoms with E-state index in [-0.39, 0.29) is 12.9 Å². The molecule has 3 aromatic rings. The molecule has 1 aliphatic carbocycles. The average molecular weight is 380 g/mol. The zero-order valence-electron chi connectivity index (χ0n) is 16.0. The monoisotopic (exact) mass is 380 g/mol. The van der Waals surface area contributed by atoms with Gasteiger partial charge in [0.1, 0.15) is 5.76 Å². The van der Waals surface area contributed by atoms with Crippen LogP contribution in [0.15, 0.2) is 33.5 Å². The Kier molecular flexibility index (Phi) is 3.75. The van der Waals surface area contributed by atoms with Gasteiger partial charge in [-0.1, -0.05) is 0 Å². The number of ether oxygens (including phenoxy) is 4. The summed E-state index contributed by atoms with van der Waals surface area (Å²) in [5.41, 5.74) is 2.57. The molecule has 0 N–H and O–H groups in total. The molecule has 6 nitrogen and oxygen atoms in total. The number of hydrogen-bond donors (Lipinski definition) is 0. The lowest BCUT2D eigenvalue weighted by molar-refractivity contribution is 0.174. The second-order valence-corrected chi connectivity index (χ2v) is 7.28. The summed E-state index contributed by atoms with van der Waals surface area (Å²) in [6.45, 7) is 4.12. The fourth-order valence-electron chi connectivity index (χ4n) is 3.94. The summed E-state index contributed by atoms with van der Waals surface area (Å²) in [6, 6.07) is 7.47. The second kappa shape index (κ2) is 6.19. The van der Waals surface area contributed by atoms with Crippen LogP contribution >= 0.6 is 0 Å². The standard InChI is InChI=1S/C22H20O6/c1-11(2)27-20-8-15-13-5-4-12-6-18-19(26-10-25-18)7-14(12)21(13)28-22(23)16(15)9-17(20)24-3/h6-9,11H,4-5,10H2,1-3H3. The van der Waals surface area contributed by atoms with E-state index in [2.05, 4.69) is 0 Å². The largest absolute Gasteiger partial charge is 0.493 e. The van der Waals surface area contributed by atoms with Crippen molar-refractivity contribution in [2.45, 2.75) is 32.8 Å². The fourth-order valence-corrected chi connectivity index (χ4v) is 3.94. The minimum atomic E-state index is -0.395. The van der Waals surface area contributed by atoms with Crippen LogP contribution in [-0.2, 0) is 12.8 Å². The summed E-state index contributed by atoms with van der Waals surface area (Å²) in [5.74, 6) is 3.15. The van der Waals surface area contributed by atoms with Crippen LogP contribution in [0.1, 0.15) is 25.0 Å². The Bertz CT molecular complexity index is 1160. The smallest absolute Gasteiger partial charge is 0.344 e. The summed E-state index contributed by atoms with van der Waals surface area (Å²) in [6.07, 6.45) is 1.58. The van der Waals surface area contributed by atoms with E-state index in [4.69, 9.17) is 23.4 Å². The average Bonchev–Trinajstić information content (AvgIpc) is 3.13. The van der Waals surface area contributed by atoms with Crippen molar-refractivity contribution in [2.75, 3.05) is 13.9 Å². The first-order valence-corrected chi connectivity index (χ1v) is 9.32. The molecular weight excluding hydrogens is 360 g/mol. The van der Waals surface area contributed by atoms with Crippen molar-refractivity contribution in [2.24, 2.45) is 0 Å². The molecule has 5 rings (SSSR count). The van der Waals surface area contributed by atoms with Crippen LogP contribution in [0.2, 0.25) is 0 Å². The van der Waals surface area contributed by atoms with E-state index in [1.165, 1.54) is 0 Å². The molecule has 0 bridgehead atoms. The normalized spacial score (nSPS) is 14.1. The molecule has 0 amide bonds. The van der Waals surface area contributed by atoms with Crippen LogP contribution < -0.4 is 24.6 Å². The fraction of sp³-hybridized carbons (Fsp3) is 0.318. The van der Waals surface area contributed by atoms with Gasteiger partial charge in [0.15, 0.2) is 23.0 Å². The Balaban J connectivity index is 1.77. The van der Waals surface area contributed by atoms with Gasteiger partial charge < -0.3 is 23.4 Å². The Morgan fingerprint density at radius 1 is 0.964 bits per heavy atom. The van der Waals surface area contributed by atoms with Crippen LogP contribution in [0, 0.1) is 0 Å². The maximum atomic E-state index is 12.8. The highest BCUT2D eigenvalue weighted by atomic mass is 16.7. The molecule has 1 aromatic heterocycles. The number of rotatable bonds is 3. The van der Waals surface area contributed by atoms with Gasteiger partial charge in [0.05, 0.1) is 18.6 Å². The minimum absolute atomic E-state index is 0.0113. The van der Waals surface area contributed by atoms with Crippen LogP contribution in [0.3, 0.4) is 0 Å². The molecule has 0 unspecified atom stereocenters. The molecule has 28 heavy (non-hydrogen) atoms. The van der Waals surface area contributed by atoms with Crippen LogP contribution in [-0.4, -0.2) is 20.0 Å². The van der Waals surface area contributed by atoms with E-state index in [1.54, 1.807) is 13.2 Å². The van der Waals surface area contributed by atoms with Crippen LogP contribution in [0.4, 0.5) is 0 Å². The molecule has 0 spiro atoms. The number of aryl methyl sites for hydroxylation is 2. The van der Waals surface area contributed by atoms with E-state index >= 15 is 0 Å². The molecule has 2 aliphatic rings. The van der Waals surface area contributed by atoms with E-state index < -0.39 is 5.63 Å². The van der Waals surface area contributed by atoms with Crippen molar-refractivity contribution in [3.63, 3.8) is 0 Å². The summed E-state index contributed by atoms with van der Waals surface area (Å²) < 4.78 is 28.1. The lowest BCUT2D eigenvalue weighted by atomic mass is 9.87. The predicted octanol–water partition coefficient (Wildman–Crippen LogP) is 4.08. The van der Waals surface area contributed by atoms with Crippen LogP contribution in [0.5, 0.6) is 23.0 Å². The van der Waals surface area contributed by atoms with Crippen molar-refractivity contribution in [1.29, 1.82) is 0 Å². The Labute approximate surface area is 161 Å². The molecule has 2 heterocycles. The third-order valence-corrected chi connectivity index (χ3v) is 5.17. The Morgan fingerprint density at radius 3 is 2.46 bits per heavy atom. The van der Waals surface area contributed by atoms with Crippen molar-refractivity contribution < 1.29 is 23.4 Å². The first-order chi connectivity index (χ1) is 13.5. The quantitative estimate of drug-likeness (QED) is 0.682. The van der Waals surface area contributed by atoms with Gasteiger partial charge in [-0.2, -0.15) is 0 Å². The minimum Gasteiger partial charge on any atom is -0.493 e. The first kappa shape index (κ1) is 17.0. The maximum Gasteiger partial charge on any atom is 0.344 e. The highest BCUT2D eigenvalue weighted by molar-refractivity contribution is 5.92. The molecular formula is C22H20O6. The molecule has 0 fully saturated rings. The topological polar surface area (TPSA) is 67.1 Å². The molecule has 0 saturated carbocycles. The lowest BCUT2D eigenvalue weighted by Gasteiger charge is -2.21. The number of fused-ring (bicyclic) bond motifs is 6. The number of benzene rings is 2. The third-order valence-electron chi connectivity index (χ3n) is 5.17. The molecule has 0 radical (unpaired) electrons. The van der Waals surface area contributed by atoms with E-state index in [9.17, 15) is 4.79 Å². The summed E-state index contributed by atoms with van der Waals surface area (Å²) in [7, 11) is 1.56. The van der Waals surface area contributed by atoms with Crippen molar-refractivity contribution >= 4 is 10.8 Å². The Hall–Kier alpha value is -3.15. The zero-order valence-corrected chi connectivity index (χ0v) is 16.0. The van der Waals surface area contributed by atoms with Gasteiger partial charge in [-0.25, -0.2) is 4.79 Å². The van der Waals surface area contributed by atoms with Crippen molar-refractivity contribution in [1.82, 2.24) is 0 Å². The summed E-state index contributed by atoms with van der Waals surface area (Å²) in [4.78, 5) is 12.8.